The van der Waals surface area contributed by atoms with Crippen molar-refractivity contribution in [3.05, 3.63) is 71.1 Å². The van der Waals surface area contributed by atoms with Crippen LogP contribution in [0, 0.1) is 11.6 Å². The van der Waals surface area contributed by atoms with Crippen molar-refractivity contribution in [2.75, 3.05) is 5.73 Å². The monoisotopic (exact) mass is 363 g/mol. The number of H-pyrrole nitrogens is 1. The van der Waals surface area contributed by atoms with E-state index in [0.717, 1.165) is 25.0 Å². The lowest BCUT2D eigenvalue weighted by Crippen LogP contribution is -2.07. The van der Waals surface area contributed by atoms with E-state index >= 15 is 0 Å². The number of anilines is 1. The number of aromatic amines is 1. The maximum atomic E-state index is 13.6. The first-order valence-electron chi connectivity index (χ1n) is 8.64. The summed E-state index contributed by atoms with van der Waals surface area (Å²) in [5.74, 6) is -0.763. The van der Waals surface area contributed by atoms with Gasteiger partial charge in [0.05, 0.1) is 11.1 Å². The predicted molar refractivity (Wildman–Crippen MR) is 98.0 cm³/mol. The first-order valence-corrected chi connectivity index (χ1v) is 8.64. The summed E-state index contributed by atoms with van der Waals surface area (Å²) in [6, 6.07) is 11.9. The van der Waals surface area contributed by atoms with E-state index in [-0.39, 0.29) is 11.7 Å². The molecule has 134 valence electrons. The molecule has 0 fully saturated rings. The lowest BCUT2D eigenvalue weighted by Gasteiger charge is -2.09. The van der Waals surface area contributed by atoms with Crippen molar-refractivity contribution in [3.63, 3.8) is 0 Å². The third-order valence-corrected chi connectivity index (χ3v) is 5.08. The Balaban J connectivity index is 1.57. The van der Waals surface area contributed by atoms with Crippen molar-refractivity contribution in [2.45, 2.75) is 18.8 Å². The number of nitrogens with one attached hydrogen (secondary N) is 1. The fourth-order valence-electron chi connectivity index (χ4n) is 3.75. The number of nitrogens with zero attached hydrogens (tertiary/aromatic N) is 3. The molecule has 0 atom stereocenters. The Morgan fingerprint density at radius 1 is 0.963 bits per heavy atom. The zero-order valence-electron chi connectivity index (χ0n) is 14.2. The smallest absolute Gasteiger partial charge is 0.187 e. The molecule has 0 bridgehead atoms. The molecule has 1 aliphatic rings. The first-order chi connectivity index (χ1) is 13.1. The lowest BCUT2D eigenvalue weighted by molar-refractivity contribution is 0.509. The molecular formula is C20H15F2N5. The van der Waals surface area contributed by atoms with Gasteiger partial charge >= 0.3 is 0 Å². The fourth-order valence-corrected chi connectivity index (χ4v) is 3.75. The van der Waals surface area contributed by atoms with Crippen LogP contribution in [0.3, 0.4) is 0 Å². The number of benzene rings is 2. The quantitative estimate of drug-likeness (QED) is 0.568. The molecule has 0 amide bonds. The van der Waals surface area contributed by atoms with Crippen molar-refractivity contribution in [2.24, 2.45) is 0 Å². The third-order valence-electron chi connectivity index (χ3n) is 5.08. The van der Waals surface area contributed by atoms with Gasteiger partial charge in [-0.3, -0.25) is 5.10 Å². The van der Waals surface area contributed by atoms with Crippen molar-refractivity contribution in [1.82, 2.24) is 20.2 Å². The summed E-state index contributed by atoms with van der Waals surface area (Å²) in [5, 5.41) is 7.56. The van der Waals surface area contributed by atoms with Crippen molar-refractivity contribution in [1.29, 1.82) is 0 Å². The topological polar surface area (TPSA) is 80.5 Å². The Morgan fingerprint density at radius 3 is 2.41 bits per heavy atom. The number of hydrogen-bond donors (Lipinski definition) is 2. The van der Waals surface area contributed by atoms with Crippen LogP contribution >= 0.6 is 0 Å². The number of halogens is 2. The van der Waals surface area contributed by atoms with Crippen molar-refractivity contribution in [3.8, 4) is 11.3 Å². The maximum Gasteiger partial charge on any atom is 0.187 e. The summed E-state index contributed by atoms with van der Waals surface area (Å²) >= 11 is 0. The summed E-state index contributed by atoms with van der Waals surface area (Å²) in [4.78, 5) is 9.09. The lowest BCUT2D eigenvalue weighted by atomic mass is 10.0. The molecule has 4 aromatic rings. The van der Waals surface area contributed by atoms with Crippen LogP contribution in [0.2, 0.25) is 0 Å². The second kappa shape index (κ2) is 5.84. The summed E-state index contributed by atoms with van der Waals surface area (Å²) in [6.45, 7) is 0. The first kappa shape index (κ1) is 15.9. The molecule has 1 aliphatic carbocycles. The largest absolute Gasteiger partial charge is 0.383 e. The molecule has 5 nitrogen and oxygen atoms in total. The zero-order chi connectivity index (χ0) is 18.5. The number of fused-ring (bicyclic) bond motifs is 2. The van der Waals surface area contributed by atoms with E-state index < -0.39 is 11.6 Å². The minimum atomic E-state index is -0.935. The van der Waals surface area contributed by atoms with E-state index in [1.807, 2.05) is 12.1 Å². The van der Waals surface area contributed by atoms with Gasteiger partial charge < -0.3 is 5.73 Å². The van der Waals surface area contributed by atoms with Gasteiger partial charge in [0.15, 0.2) is 17.3 Å². The van der Waals surface area contributed by atoms with Gasteiger partial charge in [-0.05, 0) is 42.2 Å². The molecule has 3 N–H and O–H groups in total. The van der Waals surface area contributed by atoms with Gasteiger partial charge in [0.2, 0.25) is 0 Å². The van der Waals surface area contributed by atoms with Crippen LogP contribution in [0.4, 0.5) is 14.6 Å². The van der Waals surface area contributed by atoms with Gasteiger partial charge in [-0.15, -0.1) is 0 Å². The highest BCUT2D eigenvalue weighted by molar-refractivity contribution is 5.98. The number of nitrogen functional groups attached to an aromatic ring is 1. The van der Waals surface area contributed by atoms with Gasteiger partial charge in [-0.2, -0.15) is 5.10 Å². The van der Waals surface area contributed by atoms with Gasteiger partial charge in [-0.25, -0.2) is 18.7 Å². The van der Waals surface area contributed by atoms with Crippen LogP contribution < -0.4 is 5.73 Å². The SMILES string of the molecule is Nc1nc(C2Cc3ccccc3C2)nc2n[nH]c(-c3ccc(F)c(F)c3)c12. The molecule has 0 radical (unpaired) electrons. The van der Waals surface area contributed by atoms with Crippen LogP contribution in [-0.4, -0.2) is 20.2 Å². The molecule has 27 heavy (non-hydrogen) atoms. The number of nitrogens with two attached hydrogens (primary N) is 1. The molecule has 2 aromatic carbocycles. The summed E-state index contributed by atoms with van der Waals surface area (Å²) in [5.41, 5.74) is 10.1. The third kappa shape index (κ3) is 2.54. The van der Waals surface area contributed by atoms with Crippen LogP contribution in [0.15, 0.2) is 42.5 Å². The highest BCUT2D eigenvalue weighted by atomic mass is 19.2. The Bertz CT molecular complexity index is 1160. The van der Waals surface area contributed by atoms with Crippen LogP contribution in [-0.2, 0) is 12.8 Å². The summed E-state index contributed by atoms with van der Waals surface area (Å²) < 4.78 is 26.8. The van der Waals surface area contributed by atoms with E-state index in [4.69, 9.17) is 5.73 Å². The highest BCUT2D eigenvalue weighted by Gasteiger charge is 2.26. The standard InChI is InChI=1S/C20H15F2N5/c21-14-6-5-12(9-15(14)22)17-16-18(23)24-19(25-20(16)27-26-17)13-7-10-3-1-2-4-11(10)8-13/h1-6,9,13H,7-8H2,(H3,23,24,25,26,27). The number of hydrogen-bond acceptors (Lipinski definition) is 4. The van der Waals surface area contributed by atoms with Gasteiger partial charge in [-0.1, -0.05) is 24.3 Å². The van der Waals surface area contributed by atoms with Gasteiger partial charge in [0.1, 0.15) is 11.6 Å². The van der Waals surface area contributed by atoms with Gasteiger partial charge in [0.25, 0.3) is 0 Å². The van der Waals surface area contributed by atoms with E-state index in [9.17, 15) is 8.78 Å². The van der Waals surface area contributed by atoms with E-state index in [1.54, 1.807) is 0 Å². The second-order valence-electron chi connectivity index (χ2n) is 6.77. The van der Waals surface area contributed by atoms with E-state index in [2.05, 4.69) is 32.3 Å². The molecule has 0 spiro atoms. The molecule has 0 saturated heterocycles. The minimum Gasteiger partial charge on any atom is -0.383 e. The normalized spacial score (nSPS) is 14.0. The molecule has 0 aliphatic heterocycles. The Kier molecular flexibility index (Phi) is 3.43. The number of rotatable bonds is 2. The molecule has 0 unspecified atom stereocenters. The molecule has 2 aromatic heterocycles. The molecule has 2 heterocycles. The molecular weight excluding hydrogens is 348 g/mol. The zero-order valence-corrected chi connectivity index (χ0v) is 14.2. The van der Waals surface area contributed by atoms with E-state index in [1.165, 1.54) is 17.2 Å². The Labute approximate surface area is 153 Å². The number of aromatic nitrogens is 4. The van der Waals surface area contributed by atoms with Crippen molar-refractivity contribution >= 4 is 16.9 Å². The van der Waals surface area contributed by atoms with Crippen LogP contribution in [0.1, 0.15) is 22.9 Å². The molecule has 7 heteroatoms. The van der Waals surface area contributed by atoms with Crippen LogP contribution in [0.5, 0.6) is 0 Å². The fraction of sp³-hybridized carbons (Fsp3) is 0.150. The van der Waals surface area contributed by atoms with E-state index in [0.29, 0.717) is 28.1 Å². The predicted octanol–water partition coefficient (Wildman–Crippen LogP) is 3.76. The van der Waals surface area contributed by atoms with Crippen molar-refractivity contribution < 1.29 is 8.78 Å². The Morgan fingerprint density at radius 2 is 1.70 bits per heavy atom. The average Bonchev–Trinajstić information content (AvgIpc) is 3.28. The average molecular weight is 363 g/mol. The Hall–Kier alpha value is -3.35. The summed E-state index contributed by atoms with van der Waals surface area (Å²) in [7, 11) is 0. The van der Waals surface area contributed by atoms with Gasteiger partial charge in [0, 0.05) is 11.5 Å². The second-order valence-corrected chi connectivity index (χ2v) is 6.77. The highest BCUT2D eigenvalue weighted by Crippen LogP contribution is 2.35. The molecule has 5 rings (SSSR count). The molecule has 0 saturated carbocycles. The summed E-state index contributed by atoms with van der Waals surface area (Å²) in [6.07, 6.45) is 1.73. The maximum absolute atomic E-state index is 13.6. The van der Waals surface area contributed by atoms with Crippen LogP contribution in [0.25, 0.3) is 22.3 Å². The minimum absolute atomic E-state index is 0.150.